The largest absolute Gasteiger partial charge is 0.379 e. The smallest absolute Gasteiger partial charge is 0.243 e. The zero-order valence-electron chi connectivity index (χ0n) is 17.0. The van der Waals surface area contributed by atoms with Crippen molar-refractivity contribution in [2.24, 2.45) is 4.99 Å². The molecule has 0 spiro atoms. The van der Waals surface area contributed by atoms with Crippen LogP contribution in [0.5, 0.6) is 0 Å². The zero-order chi connectivity index (χ0) is 19.7. The van der Waals surface area contributed by atoms with Crippen LogP contribution in [0.25, 0.3) is 0 Å². The van der Waals surface area contributed by atoms with Gasteiger partial charge in [-0.2, -0.15) is 0 Å². The number of carbonyl (C=O) groups excluding carboxylic acids is 1. The SMILES string of the molecule is CN(C)C(=O)CN=C(NCCN1CCOCC1)NCC(C)(C)c1cccs1. The van der Waals surface area contributed by atoms with E-state index in [2.05, 4.69) is 51.9 Å². The maximum Gasteiger partial charge on any atom is 0.243 e. The fourth-order valence-corrected chi connectivity index (χ4v) is 3.53. The lowest BCUT2D eigenvalue weighted by Crippen LogP contribution is -2.47. The number of hydrogen-bond acceptors (Lipinski definition) is 5. The topological polar surface area (TPSA) is 69.2 Å². The van der Waals surface area contributed by atoms with Crippen LogP contribution < -0.4 is 10.6 Å². The zero-order valence-corrected chi connectivity index (χ0v) is 17.8. The summed E-state index contributed by atoms with van der Waals surface area (Å²) in [5.74, 6) is 0.671. The van der Waals surface area contributed by atoms with E-state index in [0.717, 1.165) is 45.9 Å². The van der Waals surface area contributed by atoms with Crippen molar-refractivity contribution in [3.05, 3.63) is 22.4 Å². The Morgan fingerprint density at radius 1 is 1.33 bits per heavy atom. The summed E-state index contributed by atoms with van der Waals surface area (Å²) in [6, 6.07) is 4.23. The number of nitrogens with one attached hydrogen (secondary N) is 2. The van der Waals surface area contributed by atoms with E-state index in [4.69, 9.17) is 4.74 Å². The molecule has 1 aromatic heterocycles. The third-order valence-corrected chi connectivity index (χ3v) is 5.82. The molecule has 2 rings (SSSR count). The highest BCUT2D eigenvalue weighted by atomic mass is 32.1. The lowest BCUT2D eigenvalue weighted by Gasteiger charge is -2.28. The minimum Gasteiger partial charge on any atom is -0.379 e. The Bertz CT molecular complexity index is 595. The molecular weight excluding hydrogens is 362 g/mol. The van der Waals surface area contributed by atoms with E-state index in [9.17, 15) is 4.79 Å². The van der Waals surface area contributed by atoms with Gasteiger partial charge in [-0.05, 0) is 11.4 Å². The summed E-state index contributed by atoms with van der Waals surface area (Å²) in [4.78, 5) is 21.6. The third-order valence-electron chi connectivity index (χ3n) is 4.58. The second kappa shape index (κ2) is 10.6. The van der Waals surface area contributed by atoms with Gasteiger partial charge in [0.1, 0.15) is 6.54 Å². The van der Waals surface area contributed by atoms with Crippen LogP contribution in [0, 0.1) is 0 Å². The number of amides is 1. The summed E-state index contributed by atoms with van der Waals surface area (Å²) in [5, 5.41) is 8.88. The van der Waals surface area contributed by atoms with Crippen molar-refractivity contribution in [1.82, 2.24) is 20.4 Å². The van der Waals surface area contributed by atoms with Crippen LogP contribution in [0.1, 0.15) is 18.7 Å². The van der Waals surface area contributed by atoms with Crippen LogP contribution in [0.2, 0.25) is 0 Å². The van der Waals surface area contributed by atoms with Gasteiger partial charge in [0.05, 0.1) is 13.2 Å². The Kier molecular flexibility index (Phi) is 8.53. The monoisotopic (exact) mass is 395 g/mol. The van der Waals surface area contributed by atoms with Crippen LogP contribution in [-0.2, 0) is 14.9 Å². The number of carbonyl (C=O) groups is 1. The fraction of sp³-hybridized carbons (Fsp3) is 0.684. The van der Waals surface area contributed by atoms with E-state index in [-0.39, 0.29) is 17.9 Å². The summed E-state index contributed by atoms with van der Waals surface area (Å²) < 4.78 is 5.39. The summed E-state index contributed by atoms with van der Waals surface area (Å²) >= 11 is 1.76. The minimum absolute atomic E-state index is 0.00756. The molecule has 0 aromatic carbocycles. The quantitative estimate of drug-likeness (QED) is 0.507. The lowest BCUT2D eigenvalue weighted by atomic mass is 9.91. The maximum absolute atomic E-state index is 11.9. The van der Waals surface area contributed by atoms with Gasteiger partial charge in [-0.3, -0.25) is 9.69 Å². The average Bonchev–Trinajstić information content (AvgIpc) is 3.19. The molecule has 1 aliphatic heterocycles. The number of aliphatic imine (C=N–C) groups is 1. The van der Waals surface area contributed by atoms with Gasteiger partial charge in [-0.1, -0.05) is 19.9 Å². The minimum atomic E-state index is -0.0122. The predicted molar refractivity (Wildman–Crippen MR) is 112 cm³/mol. The molecule has 0 bridgehead atoms. The normalized spacial score (nSPS) is 16.2. The van der Waals surface area contributed by atoms with E-state index in [1.807, 2.05) is 0 Å². The molecule has 7 nitrogen and oxygen atoms in total. The highest BCUT2D eigenvalue weighted by molar-refractivity contribution is 7.10. The number of rotatable bonds is 8. The van der Waals surface area contributed by atoms with Gasteiger partial charge in [-0.15, -0.1) is 11.3 Å². The number of likely N-dealkylation sites (N-methyl/N-ethyl adjacent to an activating group) is 1. The molecule has 2 N–H and O–H groups in total. The summed E-state index contributed by atoms with van der Waals surface area (Å²) in [7, 11) is 3.49. The van der Waals surface area contributed by atoms with Gasteiger partial charge in [0.2, 0.25) is 5.91 Å². The fourth-order valence-electron chi connectivity index (χ4n) is 2.68. The Morgan fingerprint density at radius 3 is 2.70 bits per heavy atom. The standard InChI is InChI=1S/C19H33N5O2S/c1-19(2,16-6-5-13-27-16)15-22-18(21-14-17(25)23(3)4)20-7-8-24-9-11-26-12-10-24/h5-6,13H,7-12,14-15H2,1-4H3,(H2,20,21,22). The van der Waals surface area contributed by atoms with Gasteiger partial charge < -0.3 is 20.3 Å². The van der Waals surface area contributed by atoms with Crippen molar-refractivity contribution >= 4 is 23.2 Å². The highest BCUT2D eigenvalue weighted by Crippen LogP contribution is 2.26. The van der Waals surface area contributed by atoms with Crippen molar-refractivity contribution in [3.63, 3.8) is 0 Å². The average molecular weight is 396 g/mol. The summed E-state index contributed by atoms with van der Waals surface area (Å²) in [6.45, 7) is 10.5. The molecule has 0 atom stereocenters. The van der Waals surface area contributed by atoms with Crippen molar-refractivity contribution < 1.29 is 9.53 Å². The lowest BCUT2D eigenvalue weighted by molar-refractivity contribution is -0.127. The Morgan fingerprint density at radius 2 is 2.07 bits per heavy atom. The van der Waals surface area contributed by atoms with Crippen LogP contribution in [0.4, 0.5) is 0 Å². The van der Waals surface area contributed by atoms with Crippen LogP contribution in [0.3, 0.4) is 0 Å². The summed E-state index contributed by atoms with van der Waals surface area (Å²) in [5.41, 5.74) is -0.00756. The Labute approximate surface area is 166 Å². The van der Waals surface area contributed by atoms with Crippen molar-refractivity contribution in [2.45, 2.75) is 19.3 Å². The van der Waals surface area contributed by atoms with Gasteiger partial charge in [0.15, 0.2) is 5.96 Å². The molecule has 1 amide bonds. The molecule has 8 heteroatoms. The Hall–Kier alpha value is -1.64. The van der Waals surface area contributed by atoms with E-state index in [1.165, 1.54) is 4.88 Å². The molecular formula is C19H33N5O2S. The highest BCUT2D eigenvalue weighted by Gasteiger charge is 2.22. The molecule has 1 saturated heterocycles. The van der Waals surface area contributed by atoms with E-state index < -0.39 is 0 Å². The van der Waals surface area contributed by atoms with E-state index in [1.54, 1.807) is 30.3 Å². The van der Waals surface area contributed by atoms with Crippen LogP contribution in [-0.4, -0.2) is 88.2 Å². The molecule has 0 saturated carbocycles. The molecule has 2 heterocycles. The number of hydrogen-bond donors (Lipinski definition) is 2. The van der Waals surface area contributed by atoms with Crippen molar-refractivity contribution in [2.75, 3.05) is 66.6 Å². The summed E-state index contributed by atoms with van der Waals surface area (Å²) in [6.07, 6.45) is 0. The maximum atomic E-state index is 11.9. The Balaban J connectivity index is 1.89. The van der Waals surface area contributed by atoms with Gasteiger partial charge in [0, 0.05) is 57.1 Å². The molecule has 0 aliphatic carbocycles. The number of morpholine rings is 1. The van der Waals surface area contributed by atoms with Crippen molar-refractivity contribution in [3.8, 4) is 0 Å². The molecule has 1 aromatic rings. The number of nitrogens with zero attached hydrogens (tertiary/aromatic N) is 3. The second-order valence-corrected chi connectivity index (χ2v) is 8.50. The molecule has 0 unspecified atom stereocenters. The number of ether oxygens (including phenoxy) is 1. The first kappa shape index (κ1) is 21.7. The first-order valence-corrected chi connectivity index (χ1v) is 10.3. The molecule has 1 fully saturated rings. The third kappa shape index (κ3) is 7.48. The first-order valence-electron chi connectivity index (χ1n) is 9.45. The number of thiophene rings is 1. The second-order valence-electron chi connectivity index (χ2n) is 7.55. The van der Waals surface area contributed by atoms with E-state index in [0.29, 0.717) is 5.96 Å². The molecule has 152 valence electrons. The molecule has 0 radical (unpaired) electrons. The molecule has 27 heavy (non-hydrogen) atoms. The van der Waals surface area contributed by atoms with Crippen LogP contribution >= 0.6 is 11.3 Å². The number of guanidine groups is 1. The van der Waals surface area contributed by atoms with E-state index >= 15 is 0 Å². The van der Waals surface area contributed by atoms with Gasteiger partial charge >= 0.3 is 0 Å². The molecule has 1 aliphatic rings. The van der Waals surface area contributed by atoms with Gasteiger partial charge in [-0.25, -0.2) is 4.99 Å². The van der Waals surface area contributed by atoms with Gasteiger partial charge in [0.25, 0.3) is 0 Å². The van der Waals surface area contributed by atoms with Crippen LogP contribution in [0.15, 0.2) is 22.5 Å². The first-order chi connectivity index (χ1) is 12.9. The van der Waals surface area contributed by atoms with Crippen molar-refractivity contribution in [1.29, 1.82) is 0 Å². The predicted octanol–water partition coefficient (Wildman–Crippen LogP) is 0.981.